The predicted molar refractivity (Wildman–Crippen MR) is 143 cm³/mol. The van der Waals surface area contributed by atoms with Crippen molar-refractivity contribution < 1.29 is 28.9 Å². The number of fused-ring (bicyclic) bond motifs is 1. The summed E-state index contributed by atoms with van der Waals surface area (Å²) in [5, 5.41) is 20.0. The molecule has 4 aromatic rings. The van der Waals surface area contributed by atoms with Crippen LogP contribution in [0.25, 0.3) is 16.9 Å². The number of carbonyl (C=O) groups is 2. The SMILES string of the molecule is COC(=O)Cc1cc(NC(=O)c2ccn3c(C)cc(C)nc23)ccc1-c1cn(CCOCCOCCO)nn1. The van der Waals surface area contributed by atoms with E-state index in [0.717, 1.165) is 11.4 Å². The number of hydrogen-bond donors (Lipinski definition) is 2. The molecule has 0 saturated heterocycles. The number of nitrogens with zero attached hydrogens (tertiary/aromatic N) is 5. The Hall–Kier alpha value is -4.13. The molecule has 39 heavy (non-hydrogen) atoms. The molecular weight excluding hydrogens is 504 g/mol. The Morgan fingerprint density at radius 3 is 2.62 bits per heavy atom. The van der Waals surface area contributed by atoms with Crippen molar-refractivity contribution in [3.05, 3.63) is 65.2 Å². The third-order valence-electron chi connectivity index (χ3n) is 6.00. The lowest BCUT2D eigenvalue weighted by molar-refractivity contribution is -0.139. The number of anilines is 1. The summed E-state index contributed by atoms with van der Waals surface area (Å²) in [7, 11) is 1.33. The van der Waals surface area contributed by atoms with Crippen LogP contribution in [0, 0.1) is 13.8 Å². The van der Waals surface area contributed by atoms with E-state index in [9.17, 15) is 9.59 Å². The van der Waals surface area contributed by atoms with E-state index in [1.54, 1.807) is 35.1 Å². The number of amides is 1. The van der Waals surface area contributed by atoms with Gasteiger partial charge < -0.3 is 29.0 Å². The highest BCUT2D eigenvalue weighted by Crippen LogP contribution is 2.26. The summed E-state index contributed by atoms with van der Waals surface area (Å²) >= 11 is 0. The first-order valence-electron chi connectivity index (χ1n) is 12.5. The van der Waals surface area contributed by atoms with Gasteiger partial charge in [-0.1, -0.05) is 11.3 Å². The fourth-order valence-corrected chi connectivity index (χ4v) is 4.14. The molecule has 206 valence electrons. The third kappa shape index (κ3) is 7.05. The van der Waals surface area contributed by atoms with Crippen molar-refractivity contribution in [2.75, 3.05) is 45.5 Å². The quantitative estimate of drug-likeness (QED) is 0.194. The highest BCUT2D eigenvalue weighted by molar-refractivity contribution is 6.08. The van der Waals surface area contributed by atoms with Gasteiger partial charge in [-0.25, -0.2) is 9.67 Å². The Labute approximate surface area is 225 Å². The van der Waals surface area contributed by atoms with E-state index in [1.165, 1.54) is 7.11 Å². The summed E-state index contributed by atoms with van der Waals surface area (Å²) in [4.78, 5) is 29.8. The number of aliphatic hydroxyl groups excluding tert-OH is 1. The van der Waals surface area contributed by atoms with Crippen LogP contribution >= 0.6 is 0 Å². The fourth-order valence-electron chi connectivity index (χ4n) is 4.14. The smallest absolute Gasteiger partial charge is 0.310 e. The largest absolute Gasteiger partial charge is 0.469 e. The number of benzene rings is 1. The maximum absolute atomic E-state index is 13.1. The summed E-state index contributed by atoms with van der Waals surface area (Å²) in [6.45, 7) is 5.81. The Bertz CT molecular complexity index is 1450. The van der Waals surface area contributed by atoms with Crippen LogP contribution in [-0.4, -0.2) is 81.5 Å². The molecule has 2 N–H and O–H groups in total. The number of nitrogens with one attached hydrogen (secondary N) is 1. The van der Waals surface area contributed by atoms with Crippen LogP contribution in [0.2, 0.25) is 0 Å². The molecule has 0 aliphatic heterocycles. The average molecular weight is 537 g/mol. The van der Waals surface area contributed by atoms with Crippen molar-refractivity contribution in [3.63, 3.8) is 0 Å². The molecule has 0 aliphatic rings. The molecule has 0 atom stereocenters. The van der Waals surface area contributed by atoms with Gasteiger partial charge in [0.1, 0.15) is 11.3 Å². The monoisotopic (exact) mass is 536 g/mol. The summed E-state index contributed by atoms with van der Waals surface area (Å²) in [5.41, 5.74) is 5.26. The normalized spacial score (nSPS) is 11.2. The molecule has 1 aromatic carbocycles. The number of aromatic nitrogens is 5. The van der Waals surface area contributed by atoms with Gasteiger partial charge in [-0.15, -0.1) is 5.10 Å². The number of carbonyl (C=O) groups excluding carboxylic acids is 2. The van der Waals surface area contributed by atoms with E-state index in [0.29, 0.717) is 60.1 Å². The van der Waals surface area contributed by atoms with Crippen molar-refractivity contribution in [2.45, 2.75) is 26.8 Å². The number of esters is 1. The lowest BCUT2D eigenvalue weighted by Crippen LogP contribution is -2.13. The highest BCUT2D eigenvalue weighted by atomic mass is 16.5. The van der Waals surface area contributed by atoms with Gasteiger partial charge in [0, 0.05) is 28.8 Å². The molecule has 0 fully saturated rings. The van der Waals surface area contributed by atoms with Crippen molar-refractivity contribution in [1.29, 1.82) is 0 Å². The van der Waals surface area contributed by atoms with Crippen LogP contribution in [0.1, 0.15) is 27.3 Å². The van der Waals surface area contributed by atoms with Crippen LogP contribution in [0.5, 0.6) is 0 Å². The molecule has 3 heterocycles. The van der Waals surface area contributed by atoms with E-state index >= 15 is 0 Å². The Morgan fingerprint density at radius 1 is 1.05 bits per heavy atom. The molecule has 0 spiro atoms. The molecule has 0 bridgehead atoms. The van der Waals surface area contributed by atoms with E-state index in [4.69, 9.17) is 19.3 Å². The van der Waals surface area contributed by atoms with Gasteiger partial charge in [0.05, 0.1) is 64.9 Å². The summed E-state index contributed by atoms with van der Waals surface area (Å²) in [6, 6.07) is 8.97. The maximum atomic E-state index is 13.1. The second kappa shape index (κ2) is 13.1. The first-order valence-corrected chi connectivity index (χ1v) is 12.5. The fraction of sp³-hybridized carbons (Fsp3) is 0.370. The Kier molecular flexibility index (Phi) is 9.36. The van der Waals surface area contributed by atoms with Crippen LogP contribution < -0.4 is 5.32 Å². The number of methoxy groups -OCH3 is 1. The Morgan fingerprint density at radius 2 is 1.85 bits per heavy atom. The van der Waals surface area contributed by atoms with E-state index in [1.807, 2.05) is 30.5 Å². The number of rotatable bonds is 13. The molecule has 0 radical (unpaired) electrons. The zero-order chi connectivity index (χ0) is 27.8. The minimum atomic E-state index is -0.419. The number of aliphatic hydroxyl groups is 1. The number of ether oxygens (including phenoxy) is 3. The van der Waals surface area contributed by atoms with Gasteiger partial charge in [0.25, 0.3) is 5.91 Å². The zero-order valence-electron chi connectivity index (χ0n) is 22.2. The third-order valence-corrected chi connectivity index (χ3v) is 6.00. The van der Waals surface area contributed by atoms with Crippen LogP contribution in [0.3, 0.4) is 0 Å². The molecule has 1 amide bonds. The van der Waals surface area contributed by atoms with E-state index < -0.39 is 5.97 Å². The number of aryl methyl sites for hydroxylation is 2. The Balaban J connectivity index is 1.49. The summed E-state index contributed by atoms with van der Waals surface area (Å²) in [5.74, 6) is -0.725. The molecule has 0 aliphatic carbocycles. The standard InChI is InChI=1S/C27H32N6O6/c1-18-14-19(2)33-7-6-23(26(33)28-18)27(36)29-21-4-5-22(20(15-21)16-25(35)37-3)24-17-32(31-30-24)8-10-38-12-13-39-11-9-34/h4-7,14-15,17,34H,8-13,16H2,1-3H3,(H,29,36). The van der Waals surface area contributed by atoms with Gasteiger partial charge in [0.2, 0.25) is 0 Å². The molecule has 12 nitrogen and oxygen atoms in total. The summed E-state index contributed by atoms with van der Waals surface area (Å²) < 4.78 is 19.1. The second-order valence-electron chi connectivity index (χ2n) is 8.86. The van der Waals surface area contributed by atoms with Crippen LogP contribution in [-0.2, 0) is 32.0 Å². The van der Waals surface area contributed by atoms with Crippen molar-refractivity contribution in [2.24, 2.45) is 0 Å². The minimum absolute atomic E-state index is 0.00550. The minimum Gasteiger partial charge on any atom is -0.469 e. The number of hydrogen-bond acceptors (Lipinski definition) is 9. The molecule has 0 unspecified atom stereocenters. The maximum Gasteiger partial charge on any atom is 0.310 e. The highest BCUT2D eigenvalue weighted by Gasteiger charge is 2.17. The van der Waals surface area contributed by atoms with Crippen molar-refractivity contribution in [1.82, 2.24) is 24.4 Å². The first-order chi connectivity index (χ1) is 18.9. The van der Waals surface area contributed by atoms with E-state index in [-0.39, 0.29) is 25.5 Å². The topological polar surface area (TPSA) is 142 Å². The summed E-state index contributed by atoms with van der Waals surface area (Å²) in [6.07, 6.45) is 3.58. The molecule has 0 saturated carbocycles. The zero-order valence-corrected chi connectivity index (χ0v) is 22.2. The average Bonchev–Trinajstić information content (AvgIpc) is 3.56. The van der Waals surface area contributed by atoms with Crippen molar-refractivity contribution >= 4 is 23.2 Å². The van der Waals surface area contributed by atoms with Gasteiger partial charge in [-0.2, -0.15) is 0 Å². The lowest BCUT2D eigenvalue weighted by Gasteiger charge is -2.11. The van der Waals surface area contributed by atoms with E-state index in [2.05, 4.69) is 20.6 Å². The van der Waals surface area contributed by atoms with Crippen LogP contribution in [0.4, 0.5) is 5.69 Å². The van der Waals surface area contributed by atoms with Gasteiger partial charge in [-0.3, -0.25) is 9.59 Å². The van der Waals surface area contributed by atoms with Crippen molar-refractivity contribution in [3.8, 4) is 11.3 Å². The lowest BCUT2D eigenvalue weighted by atomic mass is 10.0. The van der Waals surface area contributed by atoms with Gasteiger partial charge >= 0.3 is 5.97 Å². The molecule has 3 aromatic heterocycles. The molecule has 4 rings (SSSR count). The predicted octanol–water partition coefficient (Wildman–Crippen LogP) is 2.20. The van der Waals surface area contributed by atoms with Gasteiger partial charge in [0.15, 0.2) is 0 Å². The molecular formula is C27H32N6O6. The van der Waals surface area contributed by atoms with Crippen LogP contribution in [0.15, 0.2) is 42.7 Å². The molecule has 12 heteroatoms. The first kappa shape index (κ1) is 27.9. The second-order valence-corrected chi connectivity index (χ2v) is 8.86. The van der Waals surface area contributed by atoms with Gasteiger partial charge in [-0.05, 0) is 43.7 Å².